The van der Waals surface area contributed by atoms with Gasteiger partial charge in [0.1, 0.15) is 12.4 Å². The van der Waals surface area contributed by atoms with Crippen LogP contribution in [0.5, 0.6) is 5.75 Å². The summed E-state index contributed by atoms with van der Waals surface area (Å²) in [5.74, 6) is 0.499. The summed E-state index contributed by atoms with van der Waals surface area (Å²) in [4.78, 5) is 3.81. The highest BCUT2D eigenvalue weighted by atomic mass is 16.5. The highest BCUT2D eigenvalue weighted by Crippen LogP contribution is 2.06. The van der Waals surface area contributed by atoms with Gasteiger partial charge in [-0.05, 0) is 18.6 Å². The zero-order valence-corrected chi connectivity index (χ0v) is 7.97. The largest absolute Gasteiger partial charge is 0.490 e. The van der Waals surface area contributed by atoms with E-state index >= 15 is 0 Å². The summed E-state index contributed by atoms with van der Waals surface area (Å²) in [5.41, 5.74) is 1.20. The van der Waals surface area contributed by atoms with Gasteiger partial charge in [-0.15, -0.1) is 0 Å². The summed E-state index contributed by atoms with van der Waals surface area (Å²) in [6, 6.07) is 1.53. The number of ether oxygens (including phenoxy) is 1. The molecule has 1 aromatic rings. The molecule has 0 unspecified atom stereocenters. The van der Waals surface area contributed by atoms with Crippen LogP contribution in [0.25, 0.3) is 0 Å². The number of hydrogen-bond acceptors (Lipinski definition) is 4. The third-order valence-corrected chi connectivity index (χ3v) is 1.52. The Morgan fingerprint density at radius 3 is 2.86 bits per heavy atom. The van der Waals surface area contributed by atoms with Gasteiger partial charge in [-0.3, -0.25) is 4.98 Å². The number of nitrogens with zero attached hydrogens (tertiary/aromatic N) is 1. The van der Waals surface area contributed by atoms with Crippen LogP contribution >= 0.6 is 0 Å². The molecule has 5 heteroatoms. The zero-order chi connectivity index (χ0) is 10.6. The molecule has 0 saturated heterocycles. The van der Waals surface area contributed by atoms with E-state index < -0.39 is 7.12 Å². The Morgan fingerprint density at radius 2 is 2.29 bits per heavy atom. The smallest absolute Gasteiger partial charge is 0.488 e. The Morgan fingerprint density at radius 1 is 1.57 bits per heavy atom. The van der Waals surface area contributed by atoms with Gasteiger partial charge in [0.05, 0.1) is 6.20 Å². The van der Waals surface area contributed by atoms with Crippen LogP contribution in [-0.4, -0.2) is 28.8 Å². The van der Waals surface area contributed by atoms with Gasteiger partial charge in [0.25, 0.3) is 0 Å². The summed E-state index contributed by atoms with van der Waals surface area (Å²) in [6.45, 7) is 5.92. The van der Waals surface area contributed by atoms with E-state index in [1.165, 1.54) is 18.5 Å². The molecule has 0 aliphatic rings. The number of rotatable bonds is 4. The highest BCUT2D eigenvalue weighted by molar-refractivity contribution is 6.58. The monoisotopic (exact) mass is 193 g/mol. The molecule has 74 valence electrons. The van der Waals surface area contributed by atoms with Crippen molar-refractivity contribution in [1.29, 1.82) is 0 Å². The lowest BCUT2D eigenvalue weighted by Gasteiger charge is -2.06. The fourth-order valence-electron chi connectivity index (χ4n) is 0.862. The predicted octanol–water partition coefficient (Wildman–Crippen LogP) is -0.284. The first-order valence-corrected chi connectivity index (χ1v) is 4.18. The standard InChI is InChI=1S/C9H12BNO3/c1-7(2)6-14-9-3-8(10(12)13)4-11-5-9/h3-5,12-13H,1,6H2,2H3. The molecule has 14 heavy (non-hydrogen) atoms. The highest BCUT2D eigenvalue weighted by Gasteiger charge is 2.11. The predicted molar refractivity (Wildman–Crippen MR) is 54.4 cm³/mol. The first kappa shape index (κ1) is 10.8. The Balaban J connectivity index is 2.68. The lowest BCUT2D eigenvalue weighted by Crippen LogP contribution is -2.30. The van der Waals surface area contributed by atoms with E-state index in [1.54, 1.807) is 0 Å². The van der Waals surface area contributed by atoms with E-state index in [4.69, 9.17) is 14.8 Å². The SMILES string of the molecule is C=C(C)COc1cncc(B(O)O)c1. The van der Waals surface area contributed by atoms with Crippen molar-refractivity contribution in [2.45, 2.75) is 6.92 Å². The van der Waals surface area contributed by atoms with Gasteiger partial charge in [-0.2, -0.15) is 0 Å². The van der Waals surface area contributed by atoms with Gasteiger partial charge in [-0.25, -0.2) is 0 Å². The minimum Gasteiger partial charge on any atom is -0.488 e. The van der Waals surface area contributed by atoms with Gasteiger partial charge in [-0.1, -0.05) is 6.58 Å². The molecule has 0 bridgehead atoms. The van der Waals surface area contributed by atoms with Crippen molar-refractivity contribution < 1.29 is 14.8 Å². The lowest BCUT2D eigenvalue weighted by molar-refractivity contribution is 0.351. The molecule has 0 saturated carbocycles. The van der Waals surface area contributed by atoms with Crippen molar-refractivity contribution in [1.82, 2.24) is 4.98 Å². The fraction of sp³-hybridized carbons (Fsp3) is 0.222. The van der Waals surface area contributed by atoms with Crippen molar-refractivity contribution >= 4 is 12.6 Å². The summed E-state index contributed by atoms with van der Waals surface area (Å²) in [6.07, 6.45) is 2.88. The van der Waals surface area contributed by atoms with Crippen molar-refractivity contribution in [3.8, 4) is 5.75 Å². The molecular weight excluding hydrogens is 181 g/mol. The van der Waals surface area contributed by atoms with E-state index in [0.29, 0.717) is 17.8 Å². The normalized spacial score (nSPS) is 9.64. The zero-order valence-electron chi connectivity index (χ0n) is 7.97. The molecule has 1 aromatic heterocycles. The molecule has 0 aromatic carbocycles. The fourth-order valence-corrected chi connectivity index (χ4v) is 0.862. The molecule has 0 aliphatic heterocycles. The molecule has 0 spiro atoms. The molecule has 4 nitrogen and oxygen atoms in total. The first-order valence-electron chi connectivity index (χ1n) is 4.18. The van der Waals surface area contributed by atoms with Crippen LogP contribution in [-0.2, 0) is 0 Å². The maximum atomic E-state index is 8.87. The van der Waals surface area contributed by atoms with E-state index in [0.717, 1.165) is 5.57 Å². The molecule has 1 heterocycles. The van der Waals surface area contributed by atoms with Gasteiger partial charge in [0.15, 0.2) is 0 Å². The molecular formula is C9H12BNO3. The van der Waals surface area contributed by atoms with Crippen molar-refractivity contribution in [2.75, 3.05) is 6.61 Å². The third kappa shape index (κ3) is 3.20. The Kier molecular flexibility index (Phi) is 3.68. The van der Waals surface area contributed by atoms with Crippen molar-refractivity contribution in [2.24, 2.45) is 0 Å². The molecule has 0 fully saturated rings. The minimum atomic E-state index is -1.52. The molecule has 0 atom stereocenters. The Hall–Kier alpha value is -1.33. The quantitative estimate of drug-likeness (QED) is 0.509. The van der Waals surface area contributed by atoms with Gasteiger partial charge in [0, 0.05) is 11.7 Å². The van der Waals surface area contributed by atoms with Crippen LogP contribution < -0.4 is 10.2 Å². The van der Waals surface area contributed by atoms with E-state index in [-0.39, 0.29) is 0 Å². The summed E-state index contributed by atoms with van der Waals surface area (Å²) in [7, 11) is -1.52. The van der Waals surface area contributed by atoms with Gasteiger partial charge < -0.3 is 14.8 Å². The van der Waals surface area contributed by atoms with Crippen LogP contribution in [0.2, 0.25) is 0 Å². The van der Waals surface area contributed by atoms with Gasteiger partial charge >= 0.3 is 7.12 Å². The number of aromatic nitrogens is 1. The number of pyridine rings is 1. The Bertz CT molecular complexity index is 328. The van der Waals surface area contributed by atoms with E-state index in [1.807, 2.05) is 6.92 Å². The van der Waals surface area contributed by atoms with Crippen LogP contribution in [0.1, 0.15) is 6.92 Å². The average Bonchev–Trinajstić information content (AvgIpc) is 2.15. The summed E-state index contributed by atoms with van der Waals surface area (Å²) >= 11 is 0. The molecule has 1 rings (SSSR count). The van der Waals surface area contributed by atoms with E-state index in [9.17, 15) is 0 Å². The number of hydrogen-bond donors (Lipinski definition) is 2. The first-order chi connectivity index (χ1) is 6.59. The molecule has 0 radical (unpaired) electrons. The Labute approximate surface area is 83.0 Å². The van der Waals surface area contributed by atoms with Gasteiger partial charge in [0.2, 0.25) is 0 Å². The average molecular weight is 193 g/mol. The van der Waals surface area contributed by atoms with E-state index in [2.05, 4.69) is 11.6 Å². The molecule has 0 aliphatic carbocycles. The summed E-state index contributed by atoms with van der Waals surface area (Å²) in [5, 5.41) is 17.7. The van der Waals surface area contributed by atoms with Crippen LogP contribution in [0.4, 0.5) is 0 Å². The maximum Gasteiger partial charge on any atom is 0.490 e. The second-order valence-electron chi connectivity index (χ2n) is 3.07. The minimum absolute atomic E-state index is 0.309. The van der Waals surface area contributed by atoms with Crippen LogP contribution in [0.3, 0.4) is 0 Å². The topological polar surface area (TPSA) is 62.6 Å². The molecule has 0 amide bonds. The third-order valence-electron chi connectivity index (χ3n) is 1.52. The lowest BCUT2D eigenvalue weighted by atomic mass is 9.82. The van der Waals surface area contributed by atoms with Crippen molar-refractivity contribution in [3.05, 3.63) is 30.6 Å². The van der Waals surface area contributed by atoms with Crippen molar-refractivity contribution in [3.63, 3.8) is 0 Å². The van der Waals surface area contributed by atoms with Crippen LogP contribution in [0.15, 0.2) is 30.6 Å². The second kappa shape index (κ2) is 4.78. The maximum absolute atomic E-state index is 8.87. The second-order valence-corrected chi connectivity index (χ2v) is 3.07. The summed E-state index contributed by atoms with van der Waals surface area (Å²) < 4.78 is 5.27. The van der Waals surface area contributed by atoms with Crippen LogP contribution in [0, 0.1) is 0 Å². The molecule has 2 N–H and O–H groups in total.